The molecule has 1 aliphatic carbocycles. The fourth-order valence-electron chi connectivity index (χ4n) is 2.98. The number of benzene rings is 1. The SMILES string of the molecule is CCCNC(C)c1ccc(OC)cc1OCC1CCCC1. The first kappa shape index (κ1) is 16.2. The lowest BCUT2D eigenvalue weighted by Crippen LogP contribution is -2.20. The van der Waals surface area contributed by atoms with Crippen LogP contribution in [-0.2, 0) is 0 Å². The highest BCUT2D eigenvalue weighted by Crippen LogP contribution is 2.32. The maximum atomic E-state index is 6.14. The third-order valence-corrected chi connectivity index (χ3v) is 4.34. The molecule has 1 fully saturated rings. The molecule has 0 heterocycles. The molecule has 3 nitrogen and oxygen atoms in total. The normalized spacial score (nSPS) is 16.9. The molecule has 0 bridgehead atoms. The summed E-state index contributed by atoms with van der Waals surface area (Å²) in [6.45, 7) is 6.24. The zero-order valence-electron chi connectivity index (χ0n) is 13.7. The number of methoxy groups -OCH3 is 1. The molecule has 0 saturated heterocycles. The van der Waals surface area contributed by atoms with Gasteiger partial charge in [0.15, 0.2) is 0 Å². The Morgan fingerprint density at radius 3 is 2.71 bits per heavy atom. The van der Waals surface area contributed by atoms with Crippen LogP contribution in [0.4, 0.5) is 0 Å². The van der Waals surface area contributed by atoms with Crippen molar-refractivity contribution in [3.8, 4) is 11.5 Å². The van der Waals surface area contributed by atoms with Gasteiger partial charge in [-0.2, -0.15) is 0 Å². The average molecular weight is 291 g/mol. The van der Waals surface area contributed by atoms with E-state index < -0.39 is 0 Å². The number of ether oxygens (including phenoxy) is 2. The van der Waals surface area contributed by atoms with E-state index in [4.69, 9.17) is 9.47 Å². The van der Waals surface area contributed by atoms with Crippen LogP contribution in [0.25, 0.3) is 0 Å². The van der Waals surface area contributed by atoms with Crippen molar-refractivity contribution < 1.29 is 9.47 Å². The van der Waals surface area contributed by atoms with Gasteiger partial charge in [-0.3, -0.25) is 0 Å². The van der Waals surface area contributed by atoms with Crippen molar-refractivity contribution in [2.75, 3.05) is 20.3 Å². The van der Waals surface area contributed by atoms with E-state index in [0.717, 1.165) is 37.0 Å². The topological polar surface area (TPSA) is 30.5 Å². The first-order chi connectivity index (χ1) is 10.2. The molecular formula is C18H29NO2. The molecule has 1 aliphatic rings. The molecule has 21 heavy (non-hydrogen) atoms. The van der Waals surface area contributed by atoms with Gasteiger partial charge in [0.05, 0.1) is 13.7 Å². The largest absolute Gasteiger partial charge is 0.497 e. The van der Waals surface area contributed by atoms with Crippen LogP contribution < -0.4 is 14.8 Å². The zero-order valence-corrected chi connectivity index (χ0v) is 13.7. The molecule has 2 rings (SSSR count). The molecule has 1 saturated carbocycles. The summed E-state index contributed by atoms with van der Waals surface area (Å²) in [5.41, 5.74) is 1.22. The number of rotatable bonds is 8. The van der Waals surface area contributed by atoms with Gasteiger partial charge >= 0.3 is 0 Å². The van der Waals surface area contributed by atoms with Gasteiger partial charge < -0.3 is 14.8 Å². The van der Waals surface area contributed by atoms with E-state index in [-0.39, 0.29) is 0 Å². The quantitative estimate of drug-likeness (QED) is 0.773. The van der Waals surface area contributed by atoms with E-state index in [9.17, 15) is 0 Å². The third kappa shape index (κ3) is 4.63. The van der Waals surface area contributed by atoms with Crippen LogP contribution in [0.3, 0.4) is 0 Å². The smallest absolute Gasteiger partial charge is 0.127 e. The van der Waals surface area contributed by atoms with Crippen LogP contribution in [0.15, 0.2) is 18.2 Å². The number of hydrogen-bond acceptors (Lipinski definition) is 3. The minimum Gasteiger partial charge on any atom is -0.497 e. The van der Waals surface area contributed by atoms with Crippen LogP contribution in [0, 0.1) is 5.92 Å². The number of hydrogen-bond donors (Lipinski definition) is 1. The summed E-state index contributed by atoms with van der Waals surface area (Å²) in [6.07, 6.45) is 6.46. The van der Waals surface area contributed by atoms with Crippen LogP contribution in [0.5, 0.6) is 11.5 Å². The standard InChI is InChI=1S/C18H29NO2/c1-4-11-19-14(2)17-10-9-16(20-3)12-18(17)21-13-15-7-5-6-8-15/h9-10,12,14-15,19H,4-8,11,13H2,1-3H3. The van der Waals surface area contributed by atoms with Gasteiger partial charge in [-0.25, -0.2) is 0 Å². The molecule has 0 radical (unpaired) electrons. The number of nitrogens with one attached hydrogen (secondary N) is 1. The predicted molar refractivity (Wildman–Crippen MR) is 87.2 cm³/mol. The summed E-state index contributed by atoms with van der Waals surface area (Å²) in [5.74, 6) is 2.56. The molecule has 118 valence electrons. The van der Waals surface area contributed by atoms with Gasteiger partial charge in [0.25, 0.3) is 0 Å². The molecule has 3 heteroatoms. The Bertz CT molecular complexity index is 427. The Hall–Kier alpha value is -1.22. The van der Waals surface area contributed by atoms with Crippen molar-refractivity contribution >= 4 is 0 Å². The molecule has 1 N–H and O–H groups in total. The Morgan fingerprint density at radius 2 is 2.05 bits per heavy atom. The second-order valence-corrected chi connectivity index (χ2v) is 6.04. The van der Waals surface area contributed by atoms with Crippen LogP contribution in [0.1, 0.15) is 57.6 Å². The van der Waals surface area contributed by atoms with E-state index in [1.807, 2.05) is 12.1 Å². The highest BCUT2D eigenvalue weighted by molar-refractivity contribution is 5.42. The molecular weight excluding hydrogens is 262 g/mol. The minimum atomic E-state index is 0.300. The van der Waals surface area contributed by atoms with Crippen LogP contribution >= 0.6 is 0 Å². The molecule has 0 amide bonds. The summed E-state index contributed by atoms with van der Waals surface area (Å²) in [7, 11) is 1.70. The Morgan fingerprint density at radius 1 is 1.29 bits per heavy atom. The monoisotopic (exact) mass is 291 g/mol. The second kappa shape index (κ2) is 8.28. The van der Waals surface area contributed by atoms with Gasteiger partial charge in [-0.15, -0.1) is 0 Å². The minimum absolute atomic E-state index is 0.300. The predicted octanol–water partition coefficient (Wildman–Crippen LogP) is 4.32. The van der Waals surface area contributed by atoms with Crippen LogP contribution in [0.2, 0.25) is 0 Å². The van der Waals surface area contributed by atoms with Crippen molar-refractivity contribution in [2.24, 2.45) is 5.92 Å². The van der Waals surface area contributed by atoms with Gasteiger partial charge in [0.1, 0.15) is 11.5 Å². The highest BCUT2D eigenvalue weighted by Gasteiger charge is 2.18. The Kier molecular flexibility index (Phi) is 6.37. The van der Waals surface area contributed by atoms with Crippen molar-refractivity contribution in [1.29, 1.82) is 0 Å². The lowest BCUT2D eigenvalue weighted by atomic mass is 10.1. The van der Waals surface area contributed by atoms with Crippen molar-refractivity contribution in [3.05, 3.63) is 23.8 Å². The fourth-order valence-corrected chi connectivity index (χ4v) is 2.98. The molecule has 1 aromatic rings. The lowest BCUT2D eigenvalue weighted by Gasteiger charge is -2.20. The summed E-state index contributed by atoms with van der Waals surface area (Å²) in [4.78, 5) is 0. The second-order valence-electron chi connectivity index (χ2n) is 6.04. The third-order valence-electron chi connectivity index (χ3n) is 4.34. The van der Waals surface area contributed by atoms with E-state index in [2.05, 4.69) is 25.2 Å². The summed E-state index contributed by atoms with van der Waals surface area (Å²) < 4.78 is 11.5. The lowest BCUT2D eigenvalue weighted by molar-refractivity contribution is 0.247. The first-order valence-corrected chi connectivity index (χ1v) is 8.28. The highest BCUT2D eigenvalue weighted by atomic mass is 16.5. The first-order valence-electron chi connectivity index (χ1n) is 8.28. The van der Waals surface area contributed by atoms with E-state index in [1.54, 1.807) is 7.11 Å². The van der Waals surface area contributed by atoms with Gasteiger partial charge in [-0.05, 0) is 44.7 Å². The van der Waals surface area contributed by atoms with Gasteiger partial charge in [0.2, 0.25) is 0 Å². The van der Waals surface area contributed by atoms with E-state index >= 15 is 0 Å². The van der Waals surface area contributed by atoms with Crippen molar-refractivity contribution in [2.45, 2.75) is 52.0 Å². The zero-order chi connectivity index (χ0) is 15.1. The van der Waals surface area contributed by atoms with Gasteiger partial charge in [0, 0.05) is 17.7 Å². The van der Waals surface area contributed by atoms with E-state index in [0.29, 0.717) is 6.04 Å². The molecule has 1 aromatic carbocycles. The molecule has 0 spiro atoms. The van der Waals surface area contributed by atoms with Gasteiger partial charge in [-0.1, -0.05) is 25.8 Å². The Balaban J connectivity index is 2.06. The molecule has 0 aromatic heterocycles. The molecule has 1 atom stereocenters. The van der Waals surface area contributed by atoms with Crippen molar-refractivity contribution in [3.63, 3.8) is 0 Å². The van der Waals surface area contributed by atoms with E-state index in [1.165, 1.54) is 31.2 Å². The fraction of sp³-hybridized carbons (Fsp3) is 0.667. The average Bonchev–Trinajstić information content (AvgIpc) is 3.03. The van der Waals surface area contributed by atoms with Crippen LogP contribution in [-0.4, -0.2) is 20.3 Å². The maximum absolute atomic E-state index is 6.14. The summed E-state index contributed by atoms with van der Waals surface area (Å²) >= 11 is 0. The Labute approximate surface area is 129 Å². The molecule has 0 aliphatic heterocycles. The maximum Gasteiger partial charge on any atom is 0.127 e. The molecule has 1 unspecified atom stereocenters. The summed E-state index contributed by atoms with van der Waals surface area (Å²) in [6, 6.07) is 6.46. The van der Waals surface area contributed by atoms with Crippen molar-refractivity contribution in [1.82, 2.24) is 5.32 Å². The summed E-state index contributed by atoms with van der Waals surface area (Å²) in [5, 5.41) is 3.53.